The minimum Gasteiger partial charge on any atom is -0.354 e. The van der Waals surface area contributed by atoms with Crippen LogP contribution >= 0.6 is 0 Å². The van der Waals surface area contributed by atoms with Gasteiger partial charge in [-0.2, -0.15) is 0 Å². The van der Waals surface area contributed by atoms with Crippen molar-refractivity contribution < 1.29 is 4.79 Å². The standard InChI is InChI=1S/C17H25N3O/c21-17(10-14-11-18-12-14)19-13-16(20-8-4-5-9-20)15-6-2-1-3-7-15/h1-3,6-7,14,16,18H,4-5,8-13H2,(H,19,21). The fourth-order valence-electron chi connectivity index (χ4n) is 3.22. The van der Waals surface area contributed by atoms with Gasteiger partial charge >= 0.3 is 0 Å². The van der Waals surface area contributed by atoms with E-state index in [1.807, 2.05) is 6.07 Å². The van der Waals surface area contributed by atoms with Crippen LogP contribution in [0, 0.1) is 5.92 Å². The second-order valence-electron chi connectivity index (χ2n) is 6.20. The van der Waals surface area contributed by atoms with E-state index >= 15 is 0 Å². The summed E-state index contributed by atoms with van der Waals surface area (Å²) in [6.45, 7) is 4.98. The summed E-state index contributed by atoms with van der Waals surface area (Å²) in [7, 11) is 0. The highest BCUT2D eigenvalue weighted by Gasteiger charge is 2.25. The molecule has 1 aromatic carbocycles. The second kappa shape index (κ2) is 7.05. The Morgan fingerprint density at radius 2 is 1.95 bits per heavy atom. The second-order valence-corrected chi connectivity index (χ2v) is 6.20. The van der Waals surface area contributed by atoms with Crippen molar-refractivity contribution in [1.82, 2.24) is 15.5 Å². The normalized spacial score (nSPS) is 21.0. The number of amides is 1. The van der Waals surface area contributed by atoms with E-state index in [0.29, 0.717) is 18.4 Å². The molecule has 2 fully saturated rings. The number of carbonyl (C=O) groups excluding carboxylic acids is 1. The Morgan fingerprint density at radius 3 is 2.57 bits per heavy atom. The van der Waals surface area contributed by atoms with E-state index < -0.39 is 0 Å². The summed E-state index contributed by atoms with van der Waals surface area (Å²) in [6.07, 6.45) is 3.20. The lowest BCUT2D eigenvalue weighted by atomic mass is 9.99. The molecule has 1 aromatic rings. The third-order valence-electron chi connectivity index (χ3n) is 4.60. The predicted octanol–water partition coefficient (Wildman–Crippen LogP) is 1.55. The molecule has 2 saturated heterocycles. The van der Waals surface area contributed by atoms with Crippen molar-refractivity contribution in [2.24, 2.45) is 5.92 Å². The fourth-order valence-corrected chi connectivity index (χ4v) is 3.22. The first-order valence-electron chi connectivity index (χ1n) is 8.09. The number of carbonyl (C=O) groups is 1. The molecule has 4 nitrogen and oxygen atoms in total. The lowest BCUT2D eigenvalue weighted by Gasteiger charge is -2.29. The molecule has 2 aliphatic rings. The Morgan fingerprint density at radius 1 is 1.24 bits per heavy atom. The number of benzene rings is 1. The molecule has 1 amide bonds. The lowest BCUT2D eigenvalue weighted by Crippen LogP contribution is -2.45. The van der Waals surface area contributed by atoms with Gasteiger partial charge in [0.05, 0.1) is 6.04 Å². The molecule has 0 bridgehead atoms. The topological polar surface area (TPSA) is 44.4 Å². The molecule has 2 aliphatic heterocycles. The average molecular weight is 287 g/mol. The molecular formula is C17H25N3O. The highest BCUT2D eigenvalue weighted by atomic mass is 16.1. The molecule has 0 aromatic heterocycles. The third-order valence-corrected chi connectivity index (χ3v) is 4.60. The van der Waals surface area contributed by atoms with E-state index in [-0.39, 0.29) is 5.91 Å². The van der Waals surface area contributed by atoms with Crippen molar-refractivity contribution in [3.63, 3.8) is 0 Å². The molecule has 4 heteroatoms. The summed E-state index contributed by atoms with van der Waals surface area (Å²) in [6, 6.07) is 10.9. The van der Waals surface area contributed by atoms with Crippen molar-refractivity contribution in [2.45, 2.75) is 25.3 Å². The van der Waals surface area contributed by atoms with Crippen LogP contribution in [0.4, 0.5) is 0 Å². The van der Waals surface area contributed by atoms with Crippen LogP contribution in [0.2, 0.25) is 0 Å². The zero-order valence-corrected chi connectivity index (χ0v) is 12.6. The minimum absolute atomic E-state index is 0.196. The predicted molar refractivity (Wildman–Crippen MR) is 84.0 cm³/mol. The van der Waals surface area contributed by atoms with Gasteiger partial charge in [-0.05, 0) is 50.5 Å². The third kappa shape index (κ3) is 3.83. The first-order chi connectivity index (χ1) is 10.3. The van der Waals surface area contributed by atoms with Crippen LogP contribution in [0.3, 0.4) is 0 Å². The summed E-state index contributed by atoms with van der Waals surface area (Å²) >= 11 is 0. The van der Waals surface area contributed by atoms with Crippen molar-refractivity contribution in [3.05, 3.63) is 35.9 Å². The molecule has 0 saturated carbocycles. The molecular weight excluding hydrogens is 262 g/mol. The zero-order chi connectivity index (χ0) is 14.5. The van der Waals surface area contributed by atoms with Gasteiger partial charge in [0, 0.05) is 13.0 Å². The maximum absolute atomic E-state index is 12.0. The maximum atomic E-state index is 12.0. The number of nitrogens with zero attached hydrogens (tertiary/aromatic N) is 1. The summed E-state index contributed by atoms with van der Waals surface area (Å²) in [5.74, 6) is 0.730. The summed E-state index contributed by atoms with van der Waals surface area (Å²) < 4.78 is 0. The Balaban J connectivity index is 1.57. The Hall–Kier alpha value is -1.39. The number of hydrogen-bond donors (Lipinski definition) is 2. The molecule has 0 spiro atoms. The van der Waals surface area contributed by atoms with Gasteiger partial charge in [0.1, 0.15) is 0 Å². The van der Waals surface area contributed by atoms with E-state index in [4.69, 9.17) is 0 Å². The van der Waals surface area contributed by atoms with Gasteiger partial charge in [-0.3, -0.25) is 9.69 Å². The van der Waals surface area contributed by atoms with E-state index in [1.165, 1.54) is 18.4 Å². The van der Waals surface area contributed by atoms with Gasteiger partial charge in [0.25, 0.3) is 0 Å². The Bertz CT molecular complexity index is 452. The first-order valence-corrected chi connectivity index (χ1v) is 8.09. The number of nitrogens with one attached hydrogen (secondary N) is 2. The Kier molecular flexibility index (Phi) is 4.88. The molecule has 1 atom stereocenters. The largest absolute Gasteiger partial charge is 0.354 e. The van der Waals surface area contributed by atoms with E-state index in [2.05, 4.69) is 39.8 Å². The van der Waals surface area contributed by atoms with Crippen LogP contribution in [0.1, 0.15) is 30.9 Å². The molecule has 21 heavy (non-hydrogen) atoms. The van der Waals surface area contributed by atoms with Crippen molar-refractivity contribution in [3.8, 4) is 0 Å². The van der Waals surface area contributed by atoms with Crippen LogP contribution in [0.5, 0.6) is 0 Å². The SMILES string of the molecule is O=C(CC1CNC1)NCC(c1ccccc1)N1CCCC1. The molecule has 1 unspecified atom stereocenters. The molecule has 2 N–H and O–H groups in total. The highest BCUT2D eigenvalue weighted by Crippen LogP contribution is 2.24. The lowest BCUT2D eigenvalue weighted by molar-refractivity contribution is -0.122. The van der Waals surface area contributed by atoms with Gasteiger partial charge in [0.15, 0.2) is 0 Å². The molecule has 114 valence electrons. The van der Waals surface area contributed by atoms with Gasteiger partial charge in [-0.25, -0.2) is 0 Å². The van der Waals surface area contributed by atoms with Gasteiger partial charge in [0.2, 0.25) is 5.91 Å². The summed E-state index contributed by atoms with van der Waals surface area (Å²) in [4.78, 5) is 14.5. The maximum Gasteiger partial charge on any atom is 0.220 e. The minimum atomic E-state index is 0.196. The molecule has 0 radical (unpaired) electrons. The first kappa shape index (κ1) is 14.5. The number of hydrogen-bond acceptors (Lipinski definition) is 3. The van der Waals surface area contributed by atoms with E-state index in [0.717, 1.165) is 32.7 Å². The van der Waals surface area contributed by atoms with Crippen molar-refractivity contribution in [1.29, 1.82) is 0 Å². The smallest absolute Gasteiger partial charge is 0.220 e. The van der Waals surface area contributed by atoms with Crippen LogP contribution in [-0.4, -0.2) is 43.5 Å². The zero-order valence-electron chi connectivity index (χ0n) is 12.6. The van der Waals surface area contributed by atoms with Crippen LogP contribution in [0.25, 0.3) is 0 Å². The van der Waals surface area contributed by atoms with Crippen molar-refractivity contribution in [2.75, 3.05) is 32.7 Å². The monoisotopic (exact) mass is 287 g/mol. The molecule has 3 rings (SSSR count). The van der Waals surface area contributed by atoms with Crippen LogP contribution in [0.15, 0.2) is 30.3 Å². The van der Waals surface area contributed by atoms with Gasteiger partial charge in [-0.15, -0.1) is 0 Å². The number of likely N-dealkylation sites (tertiary alicyclic amines) is 1. The van der Waals surface area contributed by atoms with Crippen LogP contribution < -0.4 is 10.6 Å². The average Bonchev–Trinajstić information content (AvgIpc) is 2.98. The Labute approximate surface area is 126 Å². The van der Waals surface area contributed by atoms with Crippen LogP contribution in [-0.2, 0) is 4.79 Å². The van der Waals surface area contributed by atoms with E-state index in [1.54, 1.807) is 0 Å². The van der Waals surface area contributed by atoms with E-state index in [9.17, 15) is 4.79 Å². The molecule has 0 aliphatic carbocycles. The molecule has 2 heterocycles. The van der Waals surface area contributed by atoms with Gasteiger partial charge in [-0.1, -0.05) is 30.3 Å². The van der Waals surface area contributed by atoms with Crippen molar-refractivity contribution >= 4 is 5.91 Å². The highest BCUT2D eigenvalue weighted by molar-refractivity contribution is 5.76. The summed E-state index contributed by atoms with van der Waals surface area (Å²) in [5, 5.41) is 6.36. The van der Waals surface area contributed by atoms with Gasteiger partial charge < -0.3 is 10.6 Å². The summed E-state index contributed by atoms with van der Waals surface area (Å²) in [5.41, 5.74) is 1.31. The quantitative estimate of drug-likeness (QED) is 0.834. The fraction of sp³-hybridized carbons (Fsp3) is 0.588. The number of rotatable bonds is 6.